The molecule has 0 aliphatic heterocycles. The van der Waals surface area contributed by atoms with Crippen molar-refractivity contribution in [2.24, 2.45) is 11.7 Å². The Morgan fingerprint density at radius 2 is 1.67 bits per heavy atom. The molecule has 15 heavy (non-hydrogen) atoms. The SMILES string of the molecule is CCCCC(CCCCCCN)C(C)=O. The van der Waals surface area contributed by atoms with E-state index in [2.05, 4.69) is 6.92 Å². The van der Waals surface area contributed by atoms with Gasteiger partial charge in [-0.25, -0.2) is 0 Å². The number of unbranched alkanes of at least 4 members (excludes halogenated alkanes) is 4. The Labute approximate surface area is 94.6 Å². The number of Topliss-reactive ketones (excluding diaryl/α,β-unsaturated/α-hetero) is 1. The average molecular weight is 213 g/mol. The minimum Gasteiger partial charge on any atom is -0.330 e. The van der Waals surface area contributed by atoms with E-state index in [1.807, 2.05) is 0 Å². The Morgan fingerprint density at radius 3 is 2.20 bits per heavy atom. The number of hydrogen-bond acceptors (Lipinski definition) is 2. The lowest BCUT2D eigenvalue weighted by Gasteiger charge is -2.12. The van der Waals surface area contributed by atoms with Crippen molar-refractivity contribution in [3.63, 3.8) is 0 Å². The van der Waals surface area contributed by atoms with Gasteiger partial charge in [0, 0.05) is 5.92 Å². The molecule has 0 aliphatic rings. The molecule has 0 saturated heterocycles. The summed E-state index contributed by atoms with van der Waals surface area (Å²) in [5.41, 5.74) is 5.43. The summed E-state index contributed by atoms with van der Waals surface area (Å²) < 4.78 is 0. The van der Waals surface area contributed by atoms with Gasteiger partial charge in [-0.1, -0.05) is 39.0 Å². The van der Waals surface area contributed by atoms with E-state index in [-0.39, 0.29) is 0 Å². The standard InChI is InChI=1S/C13H27NO/c1-3-4-9-13(12(2)15)10-7-5-6-8-11-14/h13H,3-11,14H2,1-2H3. The number of rotatable bonds is 10. The topological polar surface area (TPSA) is 43.1 Å². The lowest BCUT2D eigenvalue weighted by Crippen LogP contribution is -2.10. The van der Waals surface area contributed by atoms with Crippen molar-refractivity contribution in [2.45, 2.75) is 65.2 Å². The second-order valence-corrected chi connectivity index (χ2v) is 4.44. The Balaban J connectivity index is 3.53. The smallest absolute Gasteiger partial charge is 0.132 e. The lowest BCUT2D eigenvalue weighted by atomic mass is 9.92. The number of carbonyl (C=O) groups excluding carboxylic acids is 1. The Morgan fingerprint density at radius 1 is 1.07 bits per heavy atom. The molecule has 0 rings (SSSR count). The third kappa shape index (κ3) is 8.61. The van der Waals surface area contributed by atoms with Crippen molar-refractivity contribution >= 4 is 5.78 Å². The quantitative estimate of drug-likeness (QED) is 0.566. The first-order valence-corrected chi connectivity index (χ1v) is 6.42. The van der Waals surface area contributed by atoms with E-state index >= 15 is 0 Å². The molecule has 1 atom stereocenters. The van der Waals surface area contributed by atoms with Gasteiger partial charge in [0.25, 0.3) is 0 Å². The molecule has 0 spiro atoms. The summed E-state index contributed by atoms with van der Waals surface area (Å²) in [5.74, 6) is 0.699. The van der Waals surface area contributed by atoms with Crippen molar-refractivity contribution in [3.8, 4) is 0 Å². The van der Waals surface area contributed by atoms with Gasteiger partial charge in [0.05, 0.1) is 0 Å². The fourth-order valence-corrected chi connectivity index (χ4v) is 1.89. The molecule has 0 radical (unpaired) electrons. The van der Waals surface area contributed by atoms with Crippen LogP contribution in [0.5, 0.6) is 0 Å². The van der Waals surface area contributed by atoms with E-state index in [0.29, 0.717) is 11.7 Å². The van der Waals surface area contributed by atoms with Gasteiger partial charge in [-0.3, -0.25) is 4.79 Å². The summed E-state index contributed by atoms with van der Waals surface area (Å²) in [4.78, 5) is 11.3. The molecule has 0 amide bonds. The van der Waals surface area contributed by atoms with Crippen LogP contribution in [-0.2, 0) is 4.79 Å². The highest BCUT2D eigenvalue weighted by Crippen LogP contribution is 2.17. The number of nitrogens with two attached hydrogens (primary N) is 1. The number of hydrogen-bond donors (Lipinski definition) is 1. The summed E-state index contributed by atoms with van der Waals surface area (Å²) in [6.07, 6.45) is 9.31. The number of ketones is 1. The van der Waals surface area contributed by atoms with Crippen LogP contribution in [0.15, 0.2) is 0 Å². The van der Waals surface area contributed by atoms with E-state index in [9.17, 15) is 4.79 Å². The molecule has 0 fully saturated rings. The summed E-state index contributed by atoms with van der Waals surface area (Å²) in [6, 6.07) is 0. The predicted octanol–water partition coefficient (Wildman–Crippen LogP) is 3.29. The minimum absolute atomic E-state index is 0.322. The zero-order chi connectivity index (χ0) is 11.5. The second kappa shape index (κ2) is 10.2. The van der Waals surface area contributed by atoms with Gasteiger partial charge >= 0.3 is 0 Å². The van der Waals surface area contributed by atoms with Crippen LogP contribution in [0.25, 0.3) is 0 Å². The molecule has 2 nitrogen and oxygen atoms in total. The van der Waals surface area contributed by atoms with Crippen LogP contribution < -0.4 is 5.73 Å². The van der Waals surface area contributed by atoms with Crippen molar-refractivity contribution in [3.05, 3.63) is 0 Å². The van der Waals surface area contributed by atoms with E-state index in [4.69, 9.17) is 5.73 Å². The van der Waals surface area contributed by atoms with Crippen LogP contribution in [0.4, 0.5) is 0 Å². The molecule has 0 aromatic carbocycles. The van der Waals surface area contributed by atoms with Crippen molar-refractivity contribution in [1.82, 2.24) is 0 Å². The molecule has 0 bridgehead atoms. The van der Waals surface area contributed by atoms with E-state index in [1.54, 1.807) is 6.92 Å². The minimum atomic E-state index is 0.322. The molecule has 0 saturated carbocycles. The van der Waals surface area contributed by atoms with Gasteiger partial charge in [0.15, 0.2) is 0 Å². The maximum absolute atomic E-state index is 11.3. The maximum atomic E-state index is 11.3. The number of carbonyl (C=O) groups is 1. The highest BCUT2D eigenvalue weighted by Gasteiger charge is 2.12. The zero-order valence-electron chi connectivity index (χ0n) is 10.4. The lowest BCUT2D eigenvalue weighted by molar-refractivity contribution is -0.121. The molecule has 2 heteroatoms. The highest BCUT2D eigenvalue weighted by atomic mass is 16.1. The van der Waals surface area contributed by atoms with Crippen LogP contribution in [-0.4, -0.2) is 12.3 Å². The second-order valence-electron chi connectivity index (χ2n) is 4.44. The first kappa shape index (κ1) is 14.6. The van der Waals surface area contributed by atoms with Crippen LogP contribution >= 0.6 is 0 Å². The molecular weight excluding hydrogens is 186 g/mol. The summed E-state index contributed by atoms with van der Waals surface area (Å²) in [6.45, 7) is 4.71. The van der Waals surface area contributed by atoms with Crippen molar-refractivity contribution in [2.75, 3.05) is 6.54 Å². The van der Waals surface area contributed by atoms with Crippen molar-refractivity contribution < 1.29 is 4.79 Å². The van der Waals surface area contributed by atoms with Crippen LogP contribution in [0, 0.1) is 5.92 Å². The third-order valence-corrected chi connectivity index (χ3v) is 2.99. The molecular formula is C13H27NO. The fourth-order valence-electron chi connectivity index (χ4n) is 1.89. The van der Waals surface area contributed by atoms with E-state index < -0.39 is 0 Å². The Bertz CT molecular complexity index is 157. The molecule has 1 unspecified atom stereocenters. The highest BCUT2D eigenvalue weighted by molar-refractivity contribution is 5.78. The molecule has 0 aliphatic carbocycles. The molecule has 0 heterocycles. The van der Waals surface area contributed by atoms with E-state index in [0.717, 1.165) is 25.8 Å². The van der Waals surface area contributed by atoms with Gasteiger partial charge in [0.1, 0.15) is 5.78 Å². The molecule has 0 aromatic rings. The fraction of sp³-hybridized carbons (Fsp3) is 0.923. The average Bonchev–Trinajstić information content (AvgIpc) is 2.21. The zero-order valence-corrected chi connectivity index (χ0v) is 10.4. The monoisotopic (exact) mass is 213 g/mol. The predicted molar refractivity (Wildman–Crippen MR) is 65.8 cm³/mol. The van der Waals surface area contributed by atoms with Gasteiger partial charge in [-0.05, 0) is 32.7 Å². The molecule has 2 N–H and O–H groups in total. The largest absolute Gasteiger partial charge is 0.330 e. The van der Waals surface area contributed by atoms with Gasteiger partial charge < -0.3 is 5.73 Å². The normalized spacial score (nSPS) is 12.7. The summed E-state index contributed by atoms with van der Waals surface area (Å²) >= 11 is 0. The maximum Gasteiger partial charge on any atom is 0.132 e. The van der Waals surface area contributed by atoms with E-state index in [1.165, 1.54) is 32.1 Å². The van der Waals surface area contributed by atoms with Gasteiger partial charge in [-0.2, -0.15) is 0 Å². The van der Waals surface area contributed by atoms with Crippen LogP contribution in [0.2, 0.25) is 0 Å². The summed E-state index contributed by atoms with van der Waals surface area (Å²) in [5, 5.41) is 0. The van der Waals surface area contributed by atoms with Crippen LogP contribution in [0.3, 0.4) is 0 Å². The Hall–Kier alpha value is -0.370. The first-order chi connectivity index (χ1) is 7.22. The molecule has 0 aromatic heterocycles. The first-order valence-electron chi connectivity index (χ1n) is 6.42. The summed E-state index contributed by atoms with van der Waals surface area (Å²) in [7, 11) is 0. The Kier molecular flexibility index (Phi) is 9.91. The van der Waals surface area contributed by atoms with Crippen LogP contribution in [0.1, 0.15) is 65.2 Å². The van der Waals surface area contributed by atoms with Gasteiger partial charge in [-0.15, -0.1) is 0 Å². The molecule has 90 valence electrons. The third-order valence-electron chi connectivity index (χ3n) is 2.99. The van der Waals surface area contributed by atoms with Gasteiger partial charge in [0.2, 0.25) is 0 Å². The van der Waals surface area contributed by atoms with Crippen molar-refractivity contribution in [1.29, 1.82) is 0 Å².